The minimum absolute atomic E-state index is 0.0756. The Bertz CT molecular complexity index is 407. The van der Waals surface area contributed by atoms with E-state index in [2.05, 4.69) is 12.2 Å². The number of unbranched alkanes of at least 4 members (excludes halogenated alkanes) is 2. The molecule has 1 fully saturated rings. The summed E-state index contributed by atoms with van der Waals surface area (Å²) in [6.07, 6.45) is 7.01. The first-order chi connectivity index (χ1) is 9.54. The number of amides is 1. The summed E-state index contributed by atoms with van der Waals surface area (Å²) in [4.78, 5) is 23.6. The molecule has 2 aliphatic heterocycles. The molecule has 0 spiro atoms. The Balaban J connectivity index is 1.91. The number of ether oxygens (including phenoxy) is 1. The minimum atomic E-state index is -0.958. The van der Waals surface area contributed by atoms with Crippen LogP contribution in [0.15, 0.2) is 12.2 Å². The highest BCUT2D eigenvalue weighted by Crippen LogP contribution is 2.39. The molecule has 0 unspecified atom stereocenters. The number of hydrogen-bond donors (Lipinski definition) is 2. The van der Waals surface area contributed by atoms with Crippen LogP contribution in [0.2, 0.25) is 0 Å². The van der Waals surface area contributed by atoms with Crippen molar-refractivity contribution in [2.24, 2.45) is 11.8 Å². The van der Waals surface area contributed by atoms with Gasteiger partial charge in [0.1, 0.15) is 5.92 Å². The lowest BCUT2D eigenvalue weighted by Gasteiger charge is -2.23. The number of hydrogen-bond acceptors (Lipinski definition) is 3. The summed E-state index contributed by atoms with van der Waals surface area (Å²) in [5, 5.41) is 12.2. The van der Waals surface area contributed by atoms with Gasteiger partial charge < -0.3 is 15.2 Å². The van der Waals surface area contributed by atoms with E-state index in [1.54, 1.807) is 12.2 Å². The highest BCUT2D eigenvalue weighted by Gasteiger charge is 2.53. The molecule has 1 amide bonds. The molecule has 20 heavy (non-hydrogen) atoms. The first-order valence-electron chi connectivity index (χ1n) is 7.41. The van der Waals surface area contributed by atoms with Crippen molar-refractivity contribution in [3.05, 3.63) is 12.2 Å². The Morgan fingerprint density at radius 2 is 1.90 bits per heavy atom. The van der Waals surface area contributed by atoms with Crippen molar-refractivity contribution in [2.75, 3.05) is 0 Å². The van der Waals surface area contributed by atoms with Crippen LogP contribution < -0.4 is 5.32 Å². The van der Waals surface area contributed by atoms with E-state index < -0.39 is 23.9 Å². The number of aliphatic carboxylic acids is 1. The number of carbonyl (C=O) groups excluding carboxylic acids is 1. The van der Waals surface area contributed by atoms with Crippen molar-refractivity contribution in [3.63, 3.8) is 0 Å². The molecule has 2 heterocycles. The second kappa shape index (κ2) is 6.39. The fraction of sp³-hybridized carbons (Fsp3) is 0.733. The van der Waals surface area contributed by atoms with E-state index in [-0.39, 0.29) is 18.1 Å². The Kier molecular flexibility index (Phi) is 4.81. The van der Waals surface area contributed by atoms with Crippen LogP contribution in [0.25, 0.3) is 0 Å². The van der Waals surface area contributed by atoms with E-state index >= 15 is 0 Å². The molecule has 5 heteroatoms. The highest BCUT2D eigenvalue weighted by molar-refractivity contribution is 5.87. The Morgan fingerprint density at radius 3 is 2.50 bits per heavy atom. The number of carboxylic acids is 1. The van der Waals surface area contributed by atoms with Gasteiger partial charge in [-0.15, -0.1) is 0 Å². The summed E-state index contributed by atoms with van der Waals surface area (Å²) in [6.45, 7) is 4.10. The number of carbonyl (C=O) groups is 2. The van der Waals surface area contributed by atoms with Gasteiger partial charge in [0.15, 0.2) is 0 Å². The molecule has 2 aliphatic rings. The van der Waals surface area contributed by atoms with Crippen LogP contribution in [0.1, 0.15) is 39.5 Å². The zero-order chi connectivity index (χ0) is 14.7. The van der Waals surface area contributed by atoms with Crippen molar-refractivity contribution in [1.29, 1.82) is 0 Å². The fourth-order valence-electron chi connectivity index (χ4n) is 3.03. The molecule has 112 valence electrons. The maximum Gasteiger partial charge on any atom is 0.310 e. The molecule has 1 saturated heterocycles. The summed E-state index contributed by atoms with van der Waals surface area (Å²) >= 11 is 0. The maximum atomic E-state index is 12.3. The molecule has 5 nitrogen and oxygen atoms in total. The van der Waals surface area contributed by atoms with Crippen LogP contribution in [-0.4, -0.2) is 35.2 Å². The van der Waals surface area contributed by atoms with Crippen molar-refractivity contribution in [2.45, 2.75) is 57.8 Å². The lowest BCUT2D eigenvalue weighted by molar-refractivity contribution is -0.146. The van der Waals surface area contributed by atoms with Crippen LogP contribution in [0.4, 0.5) is 0 Å². The van der Waals surface area contributed by atoms with Crippen LogP contribution in [0, 0.1) is 11.8 Å². The Labute approximate surface area is 119 Å². The molecular formula is C15H23NO4. The molecule has 2 rings (SSSR count). The zero-order valence-corrected chi connectivity index (χ0v) is 12.0. The van der Waals surface area contributed by atoms with E-state index in [1.165, 1.54) is 0 Å². The minimum Gasteiger partial charge on any atom is -0.481 e. The van der Waals surface area contributed by atoms with Crippen LogP contribution in [0.5, 0.6) is 0 Å². The maximum absolute atomic E-state index is 12.3. The van der Waals surface area contributed by atoms with Gasteiger partial charge in [-0.2, -0.15) is 0 Å². The third kappa shape index (κ3) is 3.03. The van der Waals surface area contributed by atoms with E-state index in [0.29, 0.717) is 0 Å². The van der Waals surface area contributed by atoms with Gasteiger partial charge in [-0.05, 0) is 13.3 Å². The van der Waals surface area contributed by atoms with Gasteiger partial charge in [-0.25, -0.2) is 0 Å². The predicted molar refractivity (Wildman–Crippen MR) is 74.2 cm³/mol. The smallest absolute Gasteiger partial charge is 0.310 e. The molecule has 2 bridgehead atoms. The lowest BCUT2D eigenvalue weighted by Crippen LogP contribution is -2.45. The van der Waals surface area contributed by atoms with Gasteiger partial charge >= 0.3 is 5.97 Å². The van der Waals surface area contributed by atoms with E-state index in [4.69, 9.17) is 4.74 Å². The molecule has 0 aliphatic carbocycles. The van der Waals surface area contributed by atoms with Gasteiger partial charge in [0.2, 0.25) is 5.91 Å². The van der Waals surface area contributed by atoms with E-state index in [9.17, 15) is 14.7 Å². The van der Waals surface area contributed by atoms with Crippen LogP contribution >= 0.6 is 0 Å². The second-order valence-electron chi connectivity index (χ2n) is 5.75. The first-order valence-corrected chi connectivity index (χ1v) is 7.41. The van der Waals surface area contributed by atoms with Crippen molar-refractivity contribution in [1.82, 2.24) is 5.32 Å². The van der Waals surface area contributed by atoms with Crippen molar-refractivity contribution < 1.29 is 19.4 Å². The largest absolute Gasteiger partial charge is 0.481 e. The summed E-state index contributed by atoms with van der Waals surface area (Å²) in [7, 11) is 0. The SMILES string of the molecule is CCCCC[C@H](C)NC(=O)[C@H]1[C@@H](C(=O)O)[C@@H]2C=C[C@@H]1O2. The monoisotopic (exact) mass is 281 g/mol. The molecule has 0 radical (unpaired) electrons. The third-order valence-corrected chi connectivity index (χ3v) is 4.12. The van der Waals surface area contributed by atoms with Gasteiger partial charge in [-0.1, -0.05) is 38.3 Å². The molecule has 0 aromatic heterocycles. The number of fused-ring (bicyclic) bond motifs is 2. The molecule has 0 aromatic carbocycles. The molecular weight excluding hydrogens is 258 g/mol. The quantitative estimate of drug-likeness (QED) is 0.550. The first kappa shape index (κ1) is 15.0. The number of nitrogens with one attached hydrogen (secondary N) is 1. The topological polar surface area (TPSA) is 75.6 Å². The van der Waals surface area contributed by atoms with Gasteiger partial charge in [0, 0.05) is 6.04 Å². The summed E-state index contributed by atoms with van der Waals surface area (Å²) in [6, 6.07) is 0.0756. The van der Waals surface area contributed by atoms with Crippen LogP contribution in [-0.2, 0) is 14.3 Å². The Morgan fingerprint density at radius 1 is 1.25 bits per heavy atom. The van der Waals surface area contributed by atoms with Gasteiger partial charge in [0.25, 0.3) is 0 Å². The zero-order valence-electron chi connectivity index (χ0n) is 12.0. The Hall–Kier alpha value is -1.36. The molecule has 5 atom stereocenters. The third-order valence-electron chi connectivity index (χ3n) is 4.12. The van der Waals surface area contributed by atoms with E-state index in [1.807, 2.05) is 6.92 Å². The van der Waals surface area contributed by atoms with E-state index in [0.717, 1.165) is 25.7 Å². The molecule has 2 N–H and O–H groups in total. The van der Waals surface area contributed by atoms with Gasteiger partial charge in [-0.3, -0.25) is 9.59 Å². The number of carboxylic acid groups (broad SMARTS) is 1. The summed E-state index contributed by atoms with van der Waals surface area (Å²) < 4.78 is 5.51. The average molecular weight is 281 g/mol. The number of rotatable bonds is 7. The summed E-state index contributed by atoms with van der Waals surface area (Å²) in [5.74, 6) is -2.51. The second-order valence-corrected chi connectivity index (χ2v) is 5.75. The average Bonchev–Trinajstić information content (AvgIpc) is 2.98. The molecule has 0 aromatic rings. The van der Waals surface area contributed by atoms with Crippen molar-refractivity contribution in [3.8, 4) is 0 Å². The predicted octanol–water partition coefficient (Wildman–Crippen LogP) is 1.73. The fourth-order valence-corrected chi connectivity index (χ4v) is 3.03. The standard InChI is InChI=1S/C15H23NO4/c1-3-4-5-6-9(2)16-14(17)12-10-7-8-11(20-10)13(12)15(18)19/h7-13H,3-6H2,1-2H3,(H,16,17)(H,18,19)/t9-,10-,11-,12+,13-/m0/s1. The van der Waals surface area contributed by atoms with Crippen LogP contribution in [0.3, 0.4) is 0 Å². The van der Waals surface area contributed by atoms with Crippen molar-refractivity contribution >= 4 is 11.9 Å². The highest BCUT2D eigenvalue weighted by atomic mass is 16.5. The lowest BCUT2D eigenvalue weighted by atomic mass is 9.82. The van der Waals surface area contributed by atoms with Gasteiger partial charge in [0.05, 0.1) is 18.1 Å². The summed E-state index contributed by atoms with van der Waals surface area (Å²) in [5.41, 5.74) is 0. The molecule has 0 saturated carbocycles. The normalized spacial score (nSPS) is 32.3.